The van der Waals surface area contributed by atoms with E-state index in [1.807, 2.05) is 43.4 Å². The molecule has 6 atom stereocenters. The van der Waals surface area contributed by atoms with Crippen LogP contribution in [-0.4, -0.2) is 111 Å². The first kappa shape index (κ1) is 38.8. The molecule has 1 saturated heterocycles. The number of ether oxygens (including phenoxy) is 4. The summed E-state index contributed by atoms with van der Waals surface area (Å²) in [5.41, 5.74) is 3.67. The number of amides is 1. The Morgan fingerprint density at radius 1 is 1.08 bits per heavy atom. The van der Waals surface area contributed by atoms with Crippen molar-refractivity contribution in [2.24, 2.45) is 22.9 Å². The smallest absolute Gasteiger partial charge is 0.239 e. The SMILES string of the molecule is C=CCOC12Oc3ccc(OCCN4CC4)cc3C3C(CCCCO)C(CCCCO)C=C(C(=NOC)CC1N(C)C(=O)Cc1cccc(OC)c1)C32. The van der Waals surface area contributed by atoms with Crippen LogP contribution in [0.25, 0.3) is 0 Å². The third-order valence-corrected chi connectivity index (χ3v) is 11.4. The standard InChI is InChI=1S/C42H57N3O8/c1-5-22-52-42-38(44(2)39(48)25-29-11-10-13-31(24-29)49-3)28-36(43-50-4)34-26-30(12-6-8-20-46)33(14-7-9-21-47)40(41(34)42)35-27-32(15-16-37(35)53-42)51-23-19-45-17-18-45/h5,10-11,13,15-16,24,26-27,30,33,38,40-41,46-47H,1,6-9,12,14,17-23,25,28H2,2-4H3. The molecule has 2 aliphatic heterocycles. The normalized spacial score (nSPS) is 26.5. The van der Waals surface area contributed by atoms with Gasteiger partial charge in [0.05, 0.1) is 31.8 Å². The molecule has 2 aromatic rings. The number of carbonyl (C=O) groups excluding carboxylic acids is 1. The van der Waals surface area contributed by atoms with Crippen molar-refractivity contribution in [3.63, 3.8) is 0 Å². The number of allylic oxidation sites excluding steroid dienone is 1. The molecule has 4 aliphatic rings. The Morgan fingerprint density at radius 2 is 1.87 bits per heavy atom. The van der Waals surface area contributed by atoms with Crippen LogP contribution in [0.2, 0.25) is 0 Å². The van der Waals surface area contributed by atoms with Gasteiger partial charge in [0.2, 0.25) is 11.7 Å². The lowest BCUT2D eigenvalue weighted by atomic mass is 9.55. The lowest BCUT2D eigenvalue weighted by Gasteiger charge is -2.59. The zero-order chi connectivity index (χ0) is 37.4. The van der Waals surface area contributed by atoms with Crippen molar-refractivity contribution in [3.8, 4) is 17.2 Å². The van der Waals surface area contributed by atoms with E-state index in [4.69, 9.17) is 23.8 Å². The van der Waals surface area contributed by atoms with E-state index in [1.54, 1.807) is 25.2 Å². The van der Waals surface area contributed by atoms with Gasteiger partial charge in [-0.15, -0.1) is 6.58 Å². The molecule has 2 N–H and O–H groups in total. The van der Waals surface area contributed by atoms with Crippen molar-refractivity contribution in [2.45, 2.75) is 69.1 Å². The van der Waals surface area contributed by atoms with Gasteiger partial charge in [0.1, 0.15) is 37.0 Å². The molecule has 1 saturated carbocycles. The topological polar surface area (TPSA) is 122 Å². The Bertz CT molecular complexity index is 1620. The van der Waals surface area contributed by atoms with Gasteiger partial charge in [0.15, 0.2) is 0 Å². The molecular formula is C42H57N3O8. The van der Waals surface area contributed by atoms with Gasteiger partial charge < -0.3 is 38.9 Å². The first-order valence-corrected chi connectivity index (χ1v) is 19.2. The highest BCUT2D eigenvalue weighted by Gasteiger charge is 2.65. The van der Waals surface area contributed by atoms with Crippen LogP contribution in [0, 0.1) is 17.8 Å². The minimum absolute atomic E-state index is 0.0905. The number of methoxy groups -OCH3 is 1. The van der Waals surface area contributed by atoms with Crippen LogP contribution in [0.4, 0.5) is 0 Å². The highest BCUT2D eigenvalue weighted by molar-refractivity contribution is 6.03. The second kappa shape index (κ2) is 18.0. The highest BCUT2D eigenvalue weighted by atomic mass is 16.7. The van der Waals surface area contributed by atoms with Crippen molar-refractivity contribution < 1.29 is 38.8 Å². The number of likely N-dealkylation sites (N-methyl/N-ethyl adjacent to an activating group) is 1. The predicted octanol–water partition coefficient (Wildman–Crippen LogP) is 5.35. The van der Waals surface area contributed by atoms with Crippen LogP contribution >= 0.6 is 0 Å². The molecule has 53 heavy (non-hydrogen) atoms. The van der Waals surface area contributed by atoms with E-state index in [9.17, 15) is 15.0 Å². The van der Waals surface area contributed by atoms with Crippen molar-refractivity contribution in [1.29, 1.82) is 0 Å². The quantitative estimate of drug-likeness (QED) is 0.0803. The molecule has 0 bridgehead atoms. The molecule has 2 heterocycles. The number of unbranched alkanes of at least 4 members (excludes halogenated alkanes) is 2. The first-order chi connectivity index (χ1) is 25.9. The maximum Gasteiger partial charge on any atom is 0.239 e. The summed E-state index contributed by atoms with van der Waals surface area (Å²) < 4.78 is 25.9. The lowest BCUT2D eigenvalue weighted by Crippen LogP contribution is -2.69. The van der Waals surface area contributed by atoms with Gasteiger partial charge >= 0.3 is 0 Å². The van der Waals surface area contributed by atoms with E-state index in [2.05, 4.69) is 28.8 Å². The van der Waals surface area contributed by atoms with Crippen LogP contribution in [0.1, 0.15) is 62.0 Å². The summed E-state index contributed by atoms with van der Waals surface area (Å²) in [6.07, 6.45) is 9.52. The Hall–Kier alpha value is -3.90. The van der Waals surface area contributed by atoms with Crippen LogP contribution in [0.15, 0.2) is 71.9 Å². The molecule has 1 amide bonds. The average Bonchev–Trinajstić information content (AvgIpc) is 4.00. The van der Waals surface area contributed by atoms with Gasteiger partial charge in [0.25, 0.3) is 0 Å². The highest BCUT2D eigenvalue weighted by Crippen LogP contribution is 2.61. The number of carbonyl (C=O) groups is 1. The molecule has 0 spiro atoms. The summed E-state index contributed by atoms with van der Waals surface area (Å²) in [6, 6.07) is 13.1. The van der Waals surface area contributed by atoms with Crippen molar-refractivity contribution in [2.75, 3.05) is 67.3 Å². The van der Waals surface area contributed by atoms with Gasteiger partial charge in [-0.05, 0) is 79.0 Å². The number of hydrogen-bond donors (Lipinski definition) is 2. The molecule has 11 nitrogen and oxygen atoms in total. The molecule has 6 rings (SSSR count). The second-order valence-corrected chi connectivity index (χ2v) is 14.7. The molecule has 2 aliphatic carbocycles. The van der Waals surface area contributed by atoms with Gasteiger partial charge in [-0.3, -0.25) is 9.69 Å². The molecular weight excluding hydrogens is 674 g/mol. The van der Waals surface area contributed by atoms with E-state index < -0.39 is 11.8 Å². The number of oxime groups is 1. The number of fused-ring (bicyclic) bond motifs is 2. The predicted molar refractivity (Wildman–Crippen MR) is 203 cm³/mol. The fourth-order valence-corrected chi connectivity index (χ4v) is 8.77. The van der Waals surface area contributed by atoms with E-state index in [0.29, 0.717) is 30.9 Å². The maximum absolute atomic E-state index is 14.3. The summed E-state index contributed by atoms with van der Waals surface area (Å²) in [4.78, 5) is 23.9. The van der Waals surface area contributed by atoms with E-state index >= 15 is 0 Å². The molecule has 0 radical (unpaired) electrons. The van der Waals surface area contributed by atoms with Crippen molar-refractivity contribution in [3.05, 3.63) is 77.9 Å². The molecule has 2 aromatic carbocycles. The molecule has 0 aromatic heterocycles. The summed E-state index contributed by atoms with van der Waals surface area (Å²) in [6.45, 7) is 8.20. The monoisotopic (exact) mass is 731 g/mol. The van der Waals surface area contributed by atoms with E-state index in [0.717, 1.165) is 79.9 Å². The third-order valence-electron chi connectivity index (χ3n) is 11.4. The minimum atomic E-state index is -1.28. The number of benzene rings is 2. The summed E-state index contributed by atoms with van der Waals surface area (Å²) >= 11 is 0. The number of rotatable bonds is 20. The zero-order valence-corrected chi connectivity index (χ0v) is 31.6. The van der Waals surface area contributed by atoms with Gasteiger partial charge in [0, 0.05) is 57.8 Å². The lowest BCUT2D eigenvalue weighted by molar-refractivity contribution is -0.255. The molecule has 6 unspecified atom stereocenters. The van der Waals surface area contributed by atoms with Gasteiger partial charge in [-0.2, -0.15) is 0 Å². The minimum Gasteiger partial charge on any atom is -0.497 e. The summed E-state index contributed by atoms with van der Waals surface area (Å²) in [5, 5.41) is 24.2. The van der Waals surface area contributed by atoms with Crippen LogP contribution < -0.4 is 14.2 Å². The van der Waals surface area contributed by atoms with Crippen LogP contribution in [-0.2, 0) is 20.8 Å². The van der Waals surface area contributed by atoms with Crippen LogP contribution in [0.5, 0.6) is 17.2 Å². The van der Waals surface area contributed by atoms with Gasteiger partial charge in [-0.1, -0.05) is 42.3 Å². The summed E-state index contributed by atoms with van der Waals surface area (Å²) in [5.74, 6) is 0.690. The van der Waals surface area contributed by atoms with E-state index in [-0.39, 0.29) is 55.8 Å². The van der Waals surface area contributed by atoms with Gasteiger partial charge in [-0.25, -0.2) is 0 Å². The fraction of sp³-hybridized carbons (Fsp3) is 0.571. The molecule has 11 heteroatoms. The number of nitrogens with zero attached hydrogens (tertiary/aromatic N) is 3. The van der Waals surface area contributed by atoms with Crippen molar-refractivity contribution in [1.82, 2.24) is 9.80 Å². The number of aliphatic hydroxyl groups is 2. The second-order valence-electron chi connectivity index (χ2n) is 14.7. The Balaban J connectivity index is 1.48. The Kier molecular flexibility index (Phi) is 13.1. The van der Waals surface area contributed by atoms with Crippen LogP contribution in [0.3, 0.4) is 0 Å². The largest absolute Gasteiger partial charge is 0.497 e. The fourth-order valence-electron chi connectivity index (χ4n) is 8.77. The maximum atomic E-state index is 14.3. The third kappa shape index (κ3) is 8.59. The first-order valence-electron chi connectivity index (χ1n) is 19.2. The van der Waals surface area contributed by atoms with E-state index in [1.165, 1.54) is 0 Å². The van der Waals surface area contributed by atoms with Crippen molar-refractivity contribution >= 4 is 11.6 Å². The average molecular weight is 732 g/mol. The zero-order valence-electron chi connectivity index (χ0n) is 31.6. The summed E-state index contributed by atoms with van der Waals surface area (Å²) in [7, 11) is 5.00. The molecule has 288 valence electrons. The molecule has 2 fully saturated rings. The number of aliphatic hydroxyl groups excluding tert-OH is 2. The number of hydrogen-bond acceptors (Lipinski definition) is 10. The Labute approximate surface area is 314 Å². The Morgan fingerprint density at radius 3 is 2.58 bits per heavy atom.